The van der Waals surface area contributed by atoms with Crippen LogP contribution in [0.1, 0.15) is 26.3 Å². The number of nitrogen functional groups attached to an aromatic ring is 1. The van der Waals surface area contributed by atoms with Crippen molar-refractivity contribution in [1.82, 2.24) is 9.88 Å². The van der Waals surface area contributed by atoms with E-state index >= 15 is 0 Å². The normalized spacial score (nSPS) is 13.2. The van der Waals surface area contributed by atoms with Gasteiger partial charge in [0, 0.05) is 6.07 Å². The maximum absolute atomic E-state index is 12.3. The Kier molecular flexibility index (Phi) is 3.06. The third-order valence-corrected chi connectivity index (χ3v) is 3.99. The van der Waals surface area contributed by atoms with Crippen LogP contribution in [0.15, 0.2) is 27.5 Å². The molecule has 0 aliphatic carbocycles. The van der Waals surface area contributed by atoms with Gasteiger partial charge in [0.1, 0.15) is 5.82 Å². The molecule has 0 radical (unpaired) electrons. The number of phenols is 1. The molecule has 112 valence electrons. The predicted molar refractivity (Wildman–Crippen MR) is 82.3 cm³/mol. The van der Waals surface area contributed by atoms with Crippen molar-refractivity contribution >= 4 is 33.6 Å². The van der Waals surface area contributed by atoms with Crippen LogP contribution in [0.3, 0.4) is 0 Å². The Bertz CT molecular complexity index is 917. The number of nitrogens with two attached hydrogens (primary N) is 1. The molecule has 4 N–H and O–H groups in total. The summed E-state index contributed by atoms with van der Waals surface area (Å²) in [5, 5.41) is 12.2. The second-order valence-electron chi connectivity index (χ2n) is 4.89. The Labute approximate surface area is 132 Å². The number of benzene rings is 1. The Morgan fingerprint density at radius 3 is 2.55 bits per heavy atom. The number of imide groups is 1. The van der Waals surface area contributed by atoms with Crippen molar-refractivity contribution in [2.75, 3.05) is 5.73 Å². The van der Waals surface area contributed by atoms with E-state index in [1.807, 2.05) is 0 Å². The Hall–Kier alpha value is -2.61. The van der Waals surface area contributed by atoms with Gasteiger partial charge in [-0.15, -0.1) is 0 Å². The molecule has 0 spiro atoms. The van der Waals surface area contributed by atoms with E-state index in [0.29, 0.717) is 4.47 Å². The number of aryl methyl sites for hydroxylation is 1. The lowest BCUT2D eigenvalue weighted by atomic mass is 10.1. The molecule has 0 saturated heterocycles. The summed E-state index contributed by atoms with van der Waals surface area (Å²) in [5.74, 6) is -1.72. The molecule has 2 aromatic rings. The highest BCUT2D eigenvalue weighted by Gasteiger charge is 2.32. The number of hydrogen-bond donors (Lipinski definition) is 3. The number of aromatic nitrogens is 1. The molecule has 0 saturated carbocycles. The summed E-state index contributed by atoms with van der Waals surface area (Å²) in [6, 6.07) is 4.25. The lowest BCUT2D eigenvalue weighted by Crippen LogP contribution is -2.24. The fourth-order valence-corrected chi connectivity index (χ4v) is 2.98. The molecule has 1 aliphatic heterocycles. The number of hydrogen-bond acceptors (Lipinski definition) is 5. The minimum atomic E-state index is -0.669. The average molecular weight is 364 g/mol. The molecule has 7 nitrogen and oxygen atoms in total. The van der Waals surface area contributed by atoms with Gasteiger partial charge in [-0.05, 0) is 40.5 Å². The number of amides is 2. The summed E-state index contributed by atoms with van der Waals surface area (Å²) in [6.45, 7) is 1.78. The molecule has 3 rings (SSSR count). The number of aromatic hydroxyl groups is 1. The van der Waals surface area contributed by atoms with Gasteiger partial charge in [0.2, 0.25) is 0 Å². The van der Waals surface area contributed by atoms with Crippen LogP contribution >= 0.6 is 15.9 Å². The standard InChI is InChI=1S/C14H10BrN3O4/c1-5-2-7(15)11(20)8(3-5)18-9(19)4-6-10(12(18)16)14(22)17-13(6)21/h2-4,20H,16H2,1H3,(H,17,21,22). The third-order valence-electron chi connectivity index (χ3n) is 3.38. The first-order chi connectivity index (χ1) is 10.3. The molecule has 1 aromatic heterocycles. The second kappa shape index (κ2) is 4.70. The van der Waals surface area contributed by atoms with Crippen LogP contribution in [0.5, 0.6) is 5.75 Å². The largest absolute Gasteiger partial charge is 0.505 e. The quantitative estimate of drug-likeness (QED) is 0.655. The zero-order valence-electron chi connectivity index (χ0n) is 11.3. The van der Waals surface area contributed by atoms with Gasteiger partial charge < -0.3 is 10.8 Å². The summed E-state index contributed by atoms with van der Waals surface area (Å²) < 4.78 is 1.39. The van der Waals surface area contributed by atoms with E-state index in [9.17, 15) is 19.5 Å². The number of rotatable bonds is 1. The van der Waals surface area contributed by atoms with Crippen LogP contribution < -0.4 is 16.6 Å². The van der Waals surface area contributed by atoms with Gasteiger partial charge in [0.15, 0.2) is 5.75 Å². The van der Waals surface area contributed by atoms with Crippen LogP contribution in [0.4, 0.5) is 5.82 Å². The number of pyridine rings is 1. The van der Waals surface area contributed by atoms with Crippen molar-refractivity contribution in [1.29, 1.82) is 0 Å². The molecule has 0 atom stereocenters. The van der Waals surface area contributed by atoms with E-state index in [1.54, 1.807) is 19.1 Å². The molecule has 2 heterocycles. The van der Waals surface area contributed by atoms with Crippen molar-refractivity contribution in [2.24, 2.45) is 0 Å². The van der Waals surface area contributed by atoms with E-state index in [4.69, 9.17) is 5.73 Å². The SMILES string of the molecule is Cc1cc(Br)c(O)c(-n2c(N)c3c(cc2=O)C(=O)NC3=O)c1. The first kappa shape index (κ1) is 14.3. The average Bonchev–Trinajstić information content (AvgIpc) is 2.70. The number of nitrogens with one attached hydrogen (secondary N) is 1. The van der Waals surface area contributed by atoms with Crippen LogP contribution in [-0.2, 0) is 0 Å². The fraction of sp³-hybridized carbons (Fsp3) is 0.0714. The predicted octanol–water partition coefficient (Wildman–Crippen LogP) is 1.08. The van der Waals surface area contributed by atoms with Gasteiger partial charge in [-0.2, -0.15) is 0 Å². The van der Waals surface area contributed by atoms with Crippen LogP contribution in [-0.4, -0.2) is 21.5 Å². The van der Waals surface area contributed by atoms with Gasteiger partial charge in [0.25, 0.3) is 17.4 Å². The smallest absolute Gasteiger partial charge is 0.262 e. The lowest BCUT2D eigenvalue weighted by molar-refractivity contribution is 0.0880. The lowest BCUT2D eigenvalue weighted by Gasteiger charge is -2.14. The monoisotopic (exact) mass is 363 g/mol. The zero-order valence-corrected chi connectivity index (χ0v) is 12.9. The van der Waals surface area contributed by atoms with E-state index in [1.165, 1.54) is 0 Å². The van der Waals surface area contributed by atoms with Crippen molar-refractivity contribution in [3.63, 3.8) is 0 Å². The van der Waals surface area contributed by atoms with Crippen molar-refractivity contribution in [3.05, 3.63) is 49.7 Å². The minimum Gasteiger partial charge on any atom is -0.505 e. The maximum atomic E-state index is 12.3. The van der Waals surface area contributed by atoms with Crippen LogP contribution in [0.25, 0.3) is 5.69 Å². The summed E-state index contributed by atoms with van der Waals surface area (Å²) in [7, 11) is 0. The number of anilines is 1. The second-order valence-corrected chi connectivity index (χ2v) is 5.74. The topological polar surface area (TPSA) is 114 Å². The van der Waals surface area contributed by atoms with Crippen LogP contribution in [0.2, 0.25) is 0 Å². The van der Waals surface area contributed by atoms with E-state index in [-0.39, 0.29) is 28.4 Å². The van der Waals surface area contributed by atoms with Crippen molar-refractivity contribution in [2.45, 2.75) is 6.92 Å². The van der Waals surface area contributed by atoms with Gasteiger partial charge >= 0.3 is 0 Å². The van der Waals surface area contributed by atoms with Gasteiger partial charge in [-0.1, -0.05) is 0 Å². The highest BCUT2D eigenvalue weighted by atomic mass is 79.9. The molecule has 22 heavy (non-hydrogen) atoms. The van der Waals surface area contributed by atoms with Crippen LogP contribution in [0, 0.1) is 6.92 Å². The number of nitrogens with zero attached hydrogens (tertiary/aromatic N) is 1. The highest BCUT2D eigenvalue weighted by Crippen LogP contribution is 2.33. The number of halogens is 1. The molecule has 1 aliphatic rings. The Morgan fingerprint density at radius 2 is 1.86 bits per heavy atom. The van der Waals surface area contributed by atoms with Gasteiger partial charge in [-0.25, -0.2) is 0 Å². The minimum absolute atomic E-state index is 0.0602. The molecule has 2 amide bonds. The van der Waals surface area contributed by atoms with Gasteiger partial charge in [-0.3, -0.25) is 24.3 Å². The third kappa shape index (κ3) is 1.92. The number of carbonyl (C=O) groups is 2. The Balaban J connectivity index is 2.40. The number of carbonyl (C=O) groups excluding carboxylic acids is 2. The molecular formula is C14H10BrN3O4. The summed E-state index contributed by atoms with van der Waals surface area (Å²) in [4.78, 5) is 35.7. The van der Waals surface area contributed by atoms with E-state index in [0.717, 1.165) is 16.2 Å². The molecule has 1 aromatic carbocycles. The molecule has 8 heteroatoms. The molecular weight excluding hydrogens is 354 g/mol. The first-order valence-corrected chi connectivity index (χ1v) is 7.01. The fourth-order valence-electron chi connectivity index (χ4n) is 2.41. The number of fused-ring (bicyclic) bond motifs is 1. The molecule has 0 bridgehead atoms. The van der Waals surface area contributed by atoms with Crippen molar-refractivity contribution < 1.29 is 14.7 Å². The van der Waals surface area contributed by atoms with E-state index < -0.39 is 17.4 Å². The summed E-state index contributed by atoms with van der Waals surface area (Å²) in [5.41, 5.74) is 6.07. The van der Waals surface area contributed by atoms with Gasteiger partial charge in [0.05, 0.1) is 21.3 Å². The molecule has 0 fully saturated rings. The highest BCUT2D eigenvalue weighted by molar-refractivity contribution is 9.10. The Morgan fingerprint density at radius 1 is 1.18 bits per heavy atom. The number of phenolic OH excluding ortho intramolecular Hbond substituents is 1. The summed E-state index contributed by atoms with van der Waals surface area (Å²) in [6.07, 6.45) is 0. The van der Waals surface area contributed by atoms with Crippen molar-refractivity contribution in [3.8, 4) is 11.4 Å². The maximum Gasteiger partial charge on any atom is 0.262 e. The van der Waals surface area contributed by atoms with E-state index in [2.05, 4.69) is 21.2 Å². The first-order valence-electron chi connectivity index (χ1n) is 6.22. The molecule has 0 unspecified atom stereocenters. The summed E-state index contributed by atoms with van der Waals surface area (Å²) >= 11 is 3.19. The zero-order chi connectivity index (χ0) is 16.2.